The number of fused-ring (bicyclic) bond motifs is 1. The Morgan fingerprint density at radius 3 is 2.47 bits per heavy atom. The minimum absolute atomic E-state index is 0.0212. The standard InChI is InChI=1S/C20H26ClN3O5S/c1-13-19(25)22-16-11-15(21)18(12-17(16)29-13)30(27,28)24-9-7-23(8-10-24)20(26)14-5-3-2-4-6-14/h11-14H,2-10H2,1H3,(H,22,25)/t13-/m0/s1. The van der Waals surface area contributed by atoms with Crippen molar-refractivity contribution in [3.05, 3.63) is 17.2 Å². The van der Waals surface area contributed by atoms with Gasteiger partial charge in [0.2, 0.25) is 15.9 Å². The van der Waals surface area contributed by atoms with Crippen molar-refractivity contribution in [3.8, 4) is 5.75 Å². The first kappa shape index (κ1) is 21.4. The summed E-state index contributed by atoms with van der Waals surface area (Å²) in [5.41, 5.74) is 0.352. The van der Waals surface area contributed by atoms with E-state index in [4.69, 9.17) is 16.3 Å². The molecule has 0 aromatic heterocycles. The molecule has 2 heterocycles. The number of amides is 2. The van der Waals surface area contributed by atoms with Gasteiger partial charge in [0.25, 0.3) is 5.91 Å². The second-order valence-electron chi connectivity index (χ2n) is 8.09. The van der Waals surface area contributed by atoms with Gasteiger partial charge in [-0.3, -0.25) is 9.59 Å². The maximum Gasteiger partial charge on any atom is 0.265 e. The highest BCUT2D eigenvalue weighted by Crippen LogP contribution is 2.38. The average molecular weight is 456 g/mol. The van der Waals surface area contributed by atoms with Crippen LogP contribution in [0.1, 0.15) is 39.0 Å². The van der Waals surface area contributed by atoms with E-state index in [1.165, 1.54) is 22.9 Å². The molecule has 1 saturated heterocycles. The van der Waals surface area contributed by atoms with Crippen molar-refractivity contribution in [2.45, 2.75) is 50.0 Å². The maximum atomic E-state index is 13.2. The van der Waals surface area contributed by atoms with E-state index in [9.17, 15) is 18.0 Å². The van der Waals surface area contributed by atoms with Crippen LogP contribution in [0, 0.1) is 5.92 Å². The Kier molecular flexibility index (Phi) is 5.96. The van der Waals surface area contributed by atoms with Crippen molar-refractivity contribution in [2.75, 3.05) is 31.5 Å². The van der Waals surface area contributed by atoms with Gasteiger partial charge in [0.1, 0.15) is 10.6 Å². The van der Waals surface area contributed by atoms with Crippen molar-refractivity contribution in [1.82, 2.24) is 9.21 Å². The Labute approximate surface area is 181 Å². The molecule has 8 nitrogen and oxygen atoms in total. The minimum atomic E-state index is -3.86. The highest BCUT2D eigenvalue weighted by atomic mass is 35.5. The second kappa shape index (κ2) is 8.36. The number of sulfonamides is 1. The fraction of sp³-hybridized carbons (Fsp3) is 0.600. The highest BCUT2D eigenvalue weighted by Gasteiger charge is 2.35. The first-order chi connectivity index (χ1) is 14.3. The van der Waals surface area contributed by atoms with Crippen molar-refractivity contribution in [3.63, 3.8) is 0 Å². The molecule has 3 aliphatic rings. The van der Waals surface area contributed by atoms with E-state index in [1.54, 1.807) is 11.8 Å². The van der Waals surface area contributed by atoms with Crippen LogP contribution < -0.4 is 10.1 Å². The summed E-state index contributed by atoms with van der Waals surface area (Å²) in [6.45, 7) is 2.79. The van der Waals surface area contributed by atoms with Gasteiger partial charge in [-0.05, 0) is 25.8 Å². The number of piperazine rings is 1. The largest absolute Gasteiger partial charge is 0.479 e. The third-order valence-electron chi connectivity index (χ3n) is 6.09. The van der Waals surface area contributed by atoms with E-state index in [2.05, 4.69) is 5.32 Å². The number of nitrogens with one attached hydrogen (secondary N) is 1. The summed E-state index contributed by atoms with van der Waals surface area (Å²) in [6.07, 6.45) is 4.49. The maximum absolute atomic E-state index is 13.2. The molecule has 1 atom stereocenters. The Hall–Kier alpha value is -1.84. The summed E-state index contributed by atoms with van der Waals surface area (Å²) in [5.74, 6) is 0.187. The van der Waals surface area contributed by atoms with Gasteiger partial charge < -0.3 is 15.0 Å². The highest BCUT2D eigenvalue weighted by molar-refractivity contribution is 7.89. The summed E-state index contributed by atoms with van der Waals surface area (Å²) < 4.78 is 33.3. The van der Waals surface area contributed by atoms with Crippen LogP contribution in [0.25, 0.3) is 0 Å². The molecular weight excluding hydrogens is 430 g/mol. The Morgan fingerprint density at radius 2 is 1.80 bits per heavy atom. The van der Waals surface area contributed by atoms with Crippen LogP contribution >= 0.6 is 11.6 Å². The monoisotopic (exact) mass is 455 g/mol. The smallest absolute Gasteiger partial charge is 0.265 e. The number of hydrogen-bond acceptors (Lipinski definition) is 5. The van der Waals surface area contributed by atoms with Gasteiger partial charge >= 0.3 is 0 Å². The predicted molar refractivity (Wildman–Crippen MR) is 112 cm³/mol. The molecule has 2 amide bonds. The molecule has 4 rings (SSSR count). The number of ether oxygens (including phenoxy) is 1. The normalized spacial score (nSPS) is 23.5. The van der Waals surface area contributed by atoms with Crippen LogP contribution in [-0.4, -0.2) is 61.7 Å². The number of halogens is 1. The molecule has 2 fully saturated rings. The molecule has 1 aliphatic carbocycles. The van der Waals surface area contributed by atoms with Crippen molar-refractivity contribution in [2.24, 2.45) is 5.92 Å². The Bertz CT molecular complexity index is 953. The first-order valence-electron chi connectivity index (χ1n) is 10.4. The van der Waals surface area contributed by atoms with E-state index < -0.39 is 16.1 Å². The molecule has 1 saturated carbocycles. The molecule has 1 aromatic rings. The van der Waals surface area contributed by atoms with E-state index in [0.717, 1.165) is 25.7 Å². The lowest BCUT2D eigenvalue weighted by Gasteiger charge is -2.36. The molecule has 2 aliphatic heterocycles. The third-order valence-corrected chi connectivity index (χ3v) is 8.45. The van der Waals surface area contributed by atoms with Gasteiger partial charge in [-0.25, -0.2) is 8.42 Å². The zero-order valence-electron chi connectivity index (χ0n) is 16.9. The van der Waals surface area contributed by atoms with Crippen LogP contribution in [0.3, 0.4) is 0 Å². The minimum Gasteiger partial charge on any atom is -0.479 e. The topological polar surface area (TPSA) is 96.0 Å². The number of benzene rings is 1. The molecule has 10 heteroatoms. The zero-order chi connectivity index (χ0) is 21.5. The van der Waals surface area contributed by atoms with E-state index >= 15 is 0 Å². The fourth-order valence-electron chi connectivity index (χ4n) is 4.30. The lowest BCUT2D eigenvalue weighted by Crippen LogP contribution is -2.52. The summed E-state index contributed by atoms with van der Waals surface area (Å²) >= 11 is 6.25. The molecule has 0 bridgehead atoms. The van der Waals surface area contributed by atoms with Crippen molar-refractivity contribution < 1.29 is 22.7 Å². The SMILES string of the molecule is C[C@@H]1Oc2cc(S(=O)(=O)N3CCN(C(=O)C4CCCCC4)CC3)c(Cl)cc2NC1=O. The van der Waals surface area contributed by atoms with Crippen LogP contribution in [0.2, 0.25) is 5.02 Å². The van der Waals surface area contributed by atoms with E-state index in [1.807, 2.05) is 0 Å². The molecular formula is C20H26ClN3O5S. The van der Waals surface area contributed by atoms with Crippen LogP contribution in [0.15, 0.2) is 17.0 Å². The van der Waals surface area contributed by atoms with Gasteiger partial charge in [0, 0.05) is 38.2 Å². The summed E-state index contributed by atoms with van der Waals surface area (Å²) in [6, 6.07) is 2.76. The van der Waals surface area contributed by atoms with Crippen LogP contribution in [0.4, 0.5) is 5.69 Å². The number of carbonyl (C=O) groups is 2. The number of rotatable bonds is 3. The summed E-state index contributed by atoms with van der Waals surface area (Å²) in [4.78, 5) is 26.2. The third kappa shape index (κ3) is 4.02. The first-order valence-corrected chi connectivity index (χ1v) is 12.2. The summed E-state index contributed by atoms with van der Waals surface area (Å²) in [5, 5.41) is 2.68. The second-order valence-corrected chi connectivity index (χ2v) is 10.4. The van der Waals surface area contributed by atoms with E-state index in [-0.39, 0.29) is 46.5 Å². The van der Waals surface area contributed by atoms with Crippen LogP contribution in [-0.2, 0) is 19.6 Å². The van der Waals surface area contributed by atoms with Crippen LogP contribution in [0.5, 0.6) is 5.75 Å². The lowest BCUT2D eigenvalue weighted by atomic mass is 9.88. The predicted octanol–water partition coefficient (Wildman–Crippen LogP) is 2.47. The average Bonchev–Trinajstić information content (AvgIpc) is 2.74. The van der Waals surface area contributed by atoms with Gasteiger partial charge in [-0.15, -0.1) is 0 Å². The molecule has 1 aromatic carbocycles. The Morgan fingerprint density at radius 1 is 1.13 bits per heavy atom. The number of nitrogens with zero attached hydrogens (tertiary/aromatic N) is 2. The fourth-order valence-corrected chi connectivity index (χ4v) is 6.24. The number of anilines is 1. The number of hydrogen-bond donors (Lipinski definition) is 1. The number of carbonyl (C=O) groups excluding carboxylic acids is 2. The lowest BCUT2D eigenvalue weighted by molar-refractivity contribution is -0.137. The molecule has 0 radical (unpaired) electrons. The molecule has 0 unspecified atom stereocenters. The van der Waals surface area contributed by atoms with Crippen molar-refractivity contribution >= 4 is 39.1 Å². The molecule has 1 N–H and O–H groups in total. The molecule has 0 spiro atoms. The van der Waals surface area contributed by atoms with Crippen molar-refractivity contribution in [1.29, 1.82) is 0 Å². The molecule has 164 valence electrons. The van der Waals surface area contributed by atoms with Gasteiger partial charge in [-0.2, -0.15) is 4.31 Å². The van der Waals surface area contributed by atoms with E-state index in [0.29, 0.717) is 18.8 Å². The zero-order valence-corrected chi connectivity index (χ0v) is 18.5. The van der Waals surface area contributed by atoms with Gasteiger partial charge in [-0.1, -0.05) is 30.9 Å². The van der Waals surface area contributed by atoms with Gasteiger partial charge in [0.05, 0.1) is 10.7 Å². The van der Waals surface area contributed by atoms with Gasteiger partial charge in [0.15, 0.2) is 6.10 Å². The Balaban J connectivity index is 1.48. The summed E-state index contributed by atoms with van der Waals surface area (Å²) in [7, 11) is -3.86. The quantitative estimate of drug-likeness (QED) is 0.755. The molecule has 30 heavy (non-hydrogen) atoms.